The van der Waals surface area contributed by atoms with E-state index in [0.717, 1.165) is 6.54 Å². The Kier molecular flexibility index (Phi) is 8.79. The van der Waals surface area contributed by atoms with E-state index in [0.29, 0.717) is 24.8 Å². The van der Waals surface area contributed by atoms with Crippen molar-refractivity contribution in [3.05, 3.63) is 46.5 Å². The van der Waals surface area contributed by atoms with Crippen LogP contribution in [-0.2, 0) is 5.41 Å². The summed E-state index contributed by atoms with van der Waals surface area (Å²) in [5.41, 5.74) is -0.0177. The Labute approximate surface area is 164 Å². The van der Waals surface area contributed by atoms with Gasteiger partial charge in [0.25, 0.3) is 0 Å². The molecule has 7 heteroatoms. The number of aliphatic imine (C=N–C) groups is 1. The first-order valence-corrected chi connectivity index (χ1v) is 8.68. The summed E-state index contributed by atoms with van der Waals surface area (Å²) >= 11 is 1.75. The van der Waals surface area contributed by atoms with Gasteiger partial charge in [-0.2, -0.15) is 0 Å². The molecule has 134 valence electrons. The highest BCUT2D eigenvalue weighted by Gasteiger charge is 2.21. The fourth-order valence-corrected chi connectivity index (χ4v) is 2.98. The lowest BCUT2D eigenvalue weighted by molar-refractivity contribution is 0.153. The molecule has 2 heterocycles. The van der Waals surface area contributed by atoms with Gasteiger partial charge in [-0.3, -0.25) is 4.99 Å². The molecule has 0 saturated heterocycles. The smallest absolute Gasteiger partial charge is 0.191 e. The molecular weight excluding hydrogens is 437 g/mol. The van der Waals surface area contributed by atoms with Crippen molar-refractivity contribution in [3.63, 3.8) is 0 Å². The van der Waals surface area contributed by atoms with Crippen LogP contribution in [0.1, 0.15) is 37.5 Å². The second kappa shape index (κ2) is 10.0. The van der Waals surface area contributed by atoms with E-state index in [2.05, 4.69) is 47.0 Å². The zero-order valence-electron chi connectivity index (χ0n) is 14.3. The minimum absolute atomic E-state index is 0. The van der Waals surface area contributed by atoms with E-state index in [4.69, 9.17) is 4.42 Å². The Morgan fingerprint density at radius 2 is 2.12 bits per heavy atom. The van der Waals surface area contributed by atoms with Crippen LogP contribution >= 0.6 is 35.3 Å². The van der Waals surface area contributed by atoms with E-state index in [1.165, 1.54) is 4.88 Å². The normalized spacial score (nSPS) is 13.2. The number of halogens is 1. The topological polar surface area (TPSA) is 69.8 Å². The number of rotatable bonds is 7. The third kappa shape index (κ3) is 6.10. The van der Waals surface area contributed by atoms with E-state index in [1.54, 1.807) is 29.7 Å². The minimum Gasteiger partial charge on any atom is -0.467 e. The summed E-state index contributed by atoms with van der Waals surface area (Å²) in [5.74, 6) is 1.25. The number of aliphatic hydroxyl groups is 1. The number of nitrogens with zero attached hydrogens (tertiary/aromatic N) is 1. The number of hydrogen-bond acceptors (Lipinski definition) is 4. The van der Waals surface area contributed by atoms with E-state index in [1.807, 2.05) is 6.92 Å². The Balaban J connectivity index is 0.00000288. The number of aliphatic hydroxyl groups excluding tert-OH is 1. The van der Waals surface area contributed by atoms with Crippen LogP contribution in [-0.4, -0.2) is 30.7 Å². The zero-order valence-corrected chi connectivity index (χ0v) is 17.4. The number of hydrogen-bond donors (Lipinski definition) is 3. The first-order chi connectivity index (χ1) is 11.0. The number of nitrogens with one attached hydrogen (secondary N) is 2. The zero-order chi connectivity index (χ0) is 16.7. The van der Waals surface area contributed by atoms with Crippen LogP contribution in [0.3, 0.4) is 0 Å². The van der Waals surface area contributed by atoms with Crippen LogP contribution in [0.2, 0.25) is 0 Å². The third-order valence-electron chi connectivity index (χ3n) is 3.50. The minimum atomic E-state index is -0.695. The van der Waals surface area contributed by atoms with Crippen LogP contribution < -0.4 is 10.6 Å². The monoisotopic (exact) mass is 463 g/mol. The van der Waals surface area contributed by atoms with E-state index in [-0.39, 0.29) is 29.4 Å². The van der Waals surface area contributed by atoms with Gasteiger partial charge in [0.2, 0.25) is 0 Å². The van der Waals surface area contributed by atoms with Crippen molar-refractivity contribution < 1.29 is 9.52 Å². The Morgan fingerprint density at radius 3 is 2.71 bits per heavy atom. The lowest BCUT2D eigenvalue weighted by Gasteiger charge is -2.22. The van der Waals surface area contributed by atoms with Crippen LogP contribution in [0.25, 0.3) is 0 Å². The molecule has 1 atom stereocenters. The third-order valence-corrected chi connectivity index (χ3v) is 4.74. The maximum atomic E-state index is 10.1. The quantitative estimate of drug-likeness (QED) is 0.334. The molecule has 0 bridgehead atoms. The summed E-state index contributed by atoms with van der Waals surface area (Å²) in [6.45, 7) is 8.17. The molecule has 0 amide bonds. The maximum Gasteiger partial charge on any atom is 0.191 e. The standard InChI is InChI=1S/C17H25N3O2S.HI/c1-4-18-16(19-11-13(21)14-7-5-9-22-14)20-12-17(2,3)15-8-6-10-23-15;/h5-10,13,21H,4,11-12H2,1-3H3,(H2,18,19,20);1H. The predicted molar refractivity (Wildman–Crippen MR) is 110 cm³/mol. The Morgan fingerprint density at radius 1 is 1.33 bits per heavy atom. The highest BCUT2D eigenvalue weighted by Crippen LogP contribution is 2.27. The van der Waals surface area contributed by atoms with E-state index in [9.17, 15) is 5.11 Å². The first-order valence-electron chi connectivity index (χ1n) is 7.80. The molecule has 0 saturated carbocycles. The van der Waals surface area contributed by atoms with Gasteiger partial charge in [0.15, 0.2) is 5.96 Å². The molecule has 24 heavy (non-hydrogen) atoms. The van der Waals surface area contributed by atoms with Crippen LogP contribution in [0.4, 0.5) is 0 Å². The summed E-state index contributed by atoms with van der Waals surface area (Å²) < 4.78 is 5.20. The Hall–Kier alpha value is -1.06. The highest BCUT2D eigenvalue weighted by atomic mass is 127. The van der Waals surface area contributed by atoms with Gasteiger partial charge in [0, 0.05) is 16.8 Å². The average Bonchev–Trinajstić information content (AvgIpc) is 3.23. The SMILES string of the molecule is CCNC(=NCC(C)(C)c1cccs1)NCC(O)c1ccco1.I. The fourth-order valence-electron chi connectivity index (χ4n) is 2.13. The van der Waals surface area contributed by atoms with E-state index < -0.39 is 6.10 Å². The van der Waals surface area contributed by atoms with Crippen molar-refractivity contribution in [1.29, 1.82) is 0 Å². The molecule has 2 aromatic heterocycles. The van der Waals surface area contributed by atoms with Crippen molar-refractivity contribution in [1.82, 2.24) is 10.6 Å². The molecule has 0 aliphatic rings. The molecule has 0 radical (unpaired) electrons. The van der Waals surface area contributed by atoms with Crippen molar-refractivity contribution in [2.75, 3.05) is 19.6 Å². The van der Waals surface area contributed by atoms with Gasteiger partial charge in [-0.05, 0) is 30.5 Å². The summed E-state index contributed by atoms with van der Waals surface area (Å²) in [4.78, 5) is 5.97. The molecule has 2 rings (SSSR count). The van der Waals surface area contributed by atoms with Crippen LogP contribution in [0, 0.1) is 0 Å². The lowest BCUT2D eigenvalue weighted by atomic mass is 9.92. The molecule has 1 unspecified atom stereocenters. The predicted octanol–water partition coefficient (Wildman–Crippen LogP) is 3.53. The fraction of sp³-hybridized carbons (Fsp3) is 0.471. The second-order valence-corrected chi connectivity index (χ2v) is 6.92. The van der Waals surface area contributed by atoms with Gasteiger partial charge < -0.3 is 20.2 Å². The number of furan rings is 1. The summed E-state index contributed by atoms with van der Waals surface area (Å²) in [5, 5.41) is 18.5. The highest BCUT2D eigenvalue weighted by molar-refractivity contribution is 14.0. The summed E-state index contributed by atoms with van der Waals surface area (Å²) in [6.07, 6.45) is 0.862. The van der Waals surface area contributed by atoms with Gasteiger partial charge in [-0.25, -0.2) is 0 Å². The van der Waals surface area contributed by atoms with Crippen molar-refractivity contribution in [2.24, 2.45) is 4.99 Å². The molecule has 0 spiro atoms. The molecule has 3 N–H and O–H groups in total. The van der Waals surface area contributed by atoms with Gasteiger partial charge in [-0.15, -0.1) is 35.3 Å². The average molecular weight is 463 g/mol. The Bertz CT molecular complexity index is 597. The molecular formula is C17H26IN3O2S. The van der Waals surface area contributed by atoms with Gasteiger partial charge in [0.05, 0.1) is 19.4 Å². The molecule has 2 aromatic rings. The number of guanidine groups is 1. The van der Waals surface area contributed by atoms with Gasteiger partial charge in [-0.1, -0.05) is 19.9 Å². The molecule has 0 aliphatic heterocycles. The second-order valence-electron chi connectivity index (χ2n) is 5.97. The van der Waals surface area contributed by atoms with E-state index >= 15 is 0 Å². The lowest BCUT2D eigenvalue weighted by Crippen LogP contribution is -2.40. The van der Waals surface area contributed by atoms with Crippen molar-refractivity contribution in [2.45, 2.75) is 32.3 Å². The van der Waals surface area contributed by atoms with Crippen molar-refractivity contribution >= 4 is 41.3 Å². The van der Waals surface area contributed by atoms with Crippen LogP contribution in [0.15, 0.2) is 45.3 Å². The largest absolute Gasteiger partial charge is 0.467 e. The first kappa shape index (κ1) is 21.0. The van der Waals surface area contributed by atoms with Gasteiger partial charge >= 0.3 is 0 Å². The van der Waals surface area contributed by atoms with Crippen LogP contribution in [0.5, 0.6) is 0 Å². The van der Waals surface area contributed by atoms with Gasteiger partial charge in [0.1, 0.15) is 11.9 Å². The summed E-state index contributed by atoms with van der Waals surface area (Å²) in [6, 6.07) is 7.73. The summed E-state index contributed by atoms with van der Waals surface area (Å²) in [7, 11) is 0. The number of thiophene rings is 1. The molecule has 5 nitrogen and oxygen atoms in total. The molecule has 0 aliphatic carbocycles. The molecule has 0 aromatic carbocycles. The van der Waals surface area contributed by atoms with Crippen molar-refractivity contribution in [3.8, 4) is 0 Å². The molecule has 0 fully saturated rings. The maximum absolute atomic E-state index is 10.1.